The van der Waals surface area contributed by atoms with Crippen LogP contribution in [0.4, 0.5) is 0 Å². The van der Waals surface area contributed by atoms with Crippen LogP contribution < -0.4 is 9.47 Å². The summed E-state index contributed by atoms with van der Waals surface area (Å²) >= 11 is 12.7. The number of ether oxygens (including phenoxy) is 2. The van der Waals surface area contributed by atoms with E-state index in [2.05, 4.69) is 4.98 Å². The maximum absolute atomic E-state index is 13.2. The van der Waals surface area contributed by atoms with Gasteiger partial charge in [-0.1, -0.05) is 23.2 Å². The van der Waals surface area contributed by atoms with Crippen LogP contribution in [0, 0.1) is 6.92 Å². The number of aryl methyl sites for hydroxylation is 1. The zero-order valence-electron chi connectivity index (χ0n) is 18.5. The predicted octanol–water partition coefficient (Wildman–Crippen LogP) is 4.93. The van der Waals surface area contributed by atoms with E-state index in [1.54, 1.807) is 43.6 Å². The number of pyridine rings is 1. The van der Waals surface area contributed by atoms with Crippen molar-refractivity contribution >= 4 is 40.7 Å². The molecule has 4 rings (SSSR count). The molecule has 0 bridgehead atoms. The highest BCUT2D eigenvalue weighted by Crippen LogP contribution is 2.47. The Morgan fingerprint density at radius 1 is 1.12 bits per heavy atom. The summed E-state index contributed by atoms with van der Waals surface area (Å²) in [5, 5.41) is 11.4. The van der Waals surface area contributed by atoms with Gasteiger partial charge in [0.15, 0.2) is 11.5 Å². The molecule has 1 atom stereocenters. The summed E-state index contributed by atoms with van der Waals surface area (Å²) in [7, 11) is 2.73. The van der Waals surface area contributed by atoms with Crippen LogP contribution in [0.25, 0.3) is 5.76 Å². The van der Waals surface area contributed by atoms with Crippen molar-refractivity contribution in [2.75, 3.05) is 14.2 Å². The molecule has 1 unspecified atom stereocenters. The van der Waals surface area contributed by atoms with Crippen LogP contribution in [-0.4, -0.2) is 40.9 Å². The number of aliphatic hydroxyl groups excluding tert-OH is 1. The summed E-state index contributed by atoms with van der Waals surface area (Å²) < 4.78 is 16.4. The fourth-order valence-corrected chi connectivity index (χ4v) is 4.60. The summed E-state index contributed by atoms with van der Waals surface area (Å²) in [5.41, 5.74) is 0.607. The Morgan fingerprint density at radius 2 is 1.79 bits per heavy atom. The molecule has 8 nitrogen and oxygen atoms in total. The molecule has 3 heterocycles. The van der Waals surface area contributed by atoms with Gasteiger partial charge in [0.25, 0.3) is 11.7 Å². The third-order valence-electron chi connectivity index (χ3n) is 5.47. The number of rotatable bonds is 6. The van der Waals surface area contributed by atoms with Gasteiger partial charge in [0, 0.05) is 18.9 Å². The number of aliphatic hydroxyl groups is 1. The number of hydrogen-bond acceptors (Lipinski definition) is 7. The maximum atomic E-state index is 13.2. The largest absolute Gasteiger partial charge is 0.507 e. The van der Waals surface area contributed by atoms with Crippen molar-refractivity contribution in [3.8, 4) is 11.5 Å². The smallest absolute Gasteiger partial charge is 0.296 e. The summed E-state index contributed by atoms with van der Waals surface area (Å²) in [6, 6.07) is 7.20. The third-order valence-corrected chi connectivity index (χ3v) is 6.09. The number of nitrogens with zero attached hydrogens (tertiary/aromatic N) is 2. The topological polar surface area (TPSA) is 102 Å². The minimum atomic E-state index is -0.994. The number of carbonyl (C=O) groups excluding carboxylic acids is 2. The molecule has 0 spiro atoms. The van der Waals surface area contributed by atoms with Gasteiger partial charge < -0.3 is 23.9 Å². The third kappa shape index (κ3) is 3.99. The molecule has 1 fully saturated rings. The minimum absolute atomic E-state index is 0.00968. The van der Waals surface area contributed by atoms with Crippen molar-refractivity contribution < 1.29 is 28.6 Å². The lowest BCUT2D eigenvalue weighted by atomic mass is 9.98. The van der Waals surface area contributed by atoms with E-state index in [0.717, 1.165) is 5.56 Å². The van der Waals surface area contributed by atoms with Gasteiger partial charge in [-0.2, -0.15) is 0 Å². The number of ketones is 1. The molecule has 0 saturated carbocycles. The standard InChI is InChI=1S/C24H20Cl2N2O6/c1-12-4-5-16(34-12)19-17(21(30)24(31)28(19)11-13-6-8-27-9-7-13)20(29)14-10-15(25)23(33-3)18(26)22(14)32-2/h4-10,19,29H,11H2,1-3H3/b20-17+. The van der Waals surface area contributed by atoms with Crippen molar-refractivity contribution in [2.24, 2.45) is 0 Å². The van der Waals surface area contributed by atoms with Crippen LogP contribution in [-0.2, 0) is 16.1 Å². The molecule has 176 valence electrons. The molecule has 1 N–H and O–H groups in total. The average Bonchev–Trinajstić information content (AvgIpc) is 3.35. The Labute approximate surface area is 205 Å². The Hall–Kier alpha value is -3.49. The van der Waals surface area contributed by atoms with Crippen molar-refractivity contribution in [3.63, 3.8) is 0 Å². The fourth-order valence-electron chi connectivity index (χ4n) is 3.92. The lowest BCUT2D eigenvalue weighted by Gasteiger charge is -2.23. The van der Waals surface area contributed by atoms with Gasteiger partial charge in [-0.15, -0.1) is 0 Å². The van der Waals surface area contributed by atoms with E-state index >= 15 is 0 Å². The number of hydrogen-bond donors (Lipinski definition) is 1. The number of furan rings is 1. The van der Waals surface area contributed by atoms with E-state index in [1.807, 2.05) is 0 Å². The Bertz CT molecular complexity index is 1300. The van der Waals surface area contributed by atoms with E-state index in [4.69, 9.17) is 37.1 Å². The second kappa shape index (κ2) is 9.40. The zero-order chi connectivity index (χ0) is 24.6. The summed E-state index contributed by atoms with van der Waals surface area (Å²) in [5.74, 6) is -1.09. The number of aromatic nitrogens is 1. The van der Waals surface area contributed by atoms with Gasteiger partial charge in [-0.05, 0) is 42.8 Å². The van der Waals surface area contributed by atoms with E-state index in [1.165, 1.54) is 25.2 Å². The molecule has 1 aromatic carbocycles. The molecule has 1 aliphatic rings. The monoisotopic (exact) mass is 502 g/mol. The van der Waals surface area contributed by atoms with Gasteiger partial charge in [-0.3, -0.25) is 14.6 Å². The van der Waals surface area contributed by atoms with Crippen LogP contribution in [0.1, 0.15) is 28.7 Å². The van der Waals surface area contributed by atoms with Crippen molar-refractivity contribution in [1.29, 1.82) is 0 Å². The molecule has 2 aromatic heterocycles. The lowest BCUT2D eigenvalue weighted by molar-refractivity contribution is -0.140. The van der Waals surface area contributed by atoms with Crippen LogP contribution in [0.15, 0.2) is 52.7 Å². The highest BCUT2D eigenvalue weighted by Gasteiger charge is 2.48. The Morgan fingerprint density at radius 3 is 2.38 bits per heavy atom. The normalized spacial score (nSPS) is 17.3. The quantitative estimate of drug-likeness (QED) is 0.289. The highest BCUT2D eigenvalue weighted by molar-refractivity contribution is 6.46. The molecule has 1 amide bonds. The number of methoxy groups -OCH3 is 2. The summed E-state index contributed by atoms with van der Waals surface area (Å²) in [6.07, 6.45) is 3.17. The van der Waals surface area contributed by atoms with Crippen LogP contribution in [0.3, 0.4) is 0 Å². The maximum Gasteiger partial charge on any atom is 0.296 e. The number of carbonyl (C=O) groups is 2. The van der Waals surface area contributed by atoms with E-state index in [9.17, 15) is 14.7 Å². The highest BCUT2D eigenvalue weighted by atomic mass is 35.5. The number of halogens is 2. The molecular formula is C24H20Cl2N2O6. The first-order chi connectivity index (χ1) is 16.3. The van der Waals surface area contributed by atoms with Crippen molar-refractivity contribution in [3.05, 3.63) is 81.0 Å². The summed E-state index contributed by atoms with van der Waals surface area (Å²) in [6.45, 7) is 1.83. The molecule has 34 heavy (non-hydrogen) atoms. The first-order valence-electron chi connectivity index (χ1n) is 10.1. The molecule has 3 aromatic rings. The molecular weight excluding hydrogens is 483 g/mol. The second-order valence-electron chi connectivity index (χ2n) is 7.52. The zero-order valence-corrected chi connectivity index (χ0v) is 20.0. The first kappa shape index (κ1) is 23.7. The van der Waals surface area contributed by atoms with Gasteiger partial charge in [-0.25, -0.2) is 0 Å². The first-order valence-corrected chi connectivity index (χ1v) is 10.9. The van der Waals surface area contributed by atoms with Crippen LogP contribution in [0.2, 0.25) is 10.0 Å². The minimum Gasteiger partial charge on any atom is -0.507 e. The second-order valence-corrected chi connectivity index (χ2v) is 8.30. The van der Waals surface area contributed by atoms with Gasteiger partial charge in [0.05, 0.1) is 30.4 Å². The molecule has 1 aliphatic heterocycles. The number of benzene rings is 1. The molecule has 0 aliphatic carbocycles. The van der Waals surface area contributed by atoms with Crippen molar-refractivity contribution in [1.82, 2.24) is 9.88 Å². The lowest BCUT2D eigenvalue weighted by Crippen LogP contribution is -2.29. The predicted molar refractivity (Wildman–Crippen MR) is 125 cm³/mol. The number of amides is 1. The van der Waals surface area contributed by atoms with Gasteiger partial charge >= 0.3 is 0 Å². The molecule has 0 radical (unpaired) electrons. The number of likely N-dealkylation sites (tertiary alicyclic amines) is 1. The summed E-state index contributed by atoms with van der Waals surface area (Å²) in [4.78, 5) is 31.6. The van der Waals surface area contributed by atoms with E-state index < -0.39 is 23.5 Å². The van der Waals surface area contributed by atoms with E-state index in [-0.39, 0.29) is 39.2 Å². The Balaban J connectivity index is 1.93. The average molecular weight is 503 g/mol. The van der Waals surface area contributed by atoms with Gasteiger partial charge in [0.1, 0.15) is 28.3 Å². The molecule has 10 heteroatoms. The number of Topliss-reactive ketones (excluding diaryl/α,β-unsaturated/α-hetero) is 1. The van der Waals surface area contributed by atoms with Crippen LogP contribution >= 0.6 is 23.2 Å². The Kier molecular flexibility index (Phi) is 6.54. The van der Waals surface area contributed by atoms with Crippen molar-refractivity contribution in [2.45, 2.75) is 19.5 Å². The SMILES string of the molecule is COc1c(Cl)cc(/C(O)=C2\C(=O)C(=O)N(Cc3ccncc3)C2c2ccc(C)o2)c(OC)c1Cl. The van der Waals surface area contributed by atoms with Crippen LogP contribution in [0.5, 0.6) is 11.5 Å². The molecule has 1 saturated heterocycles. The fraction of sp³-hybridized carbons (Fsp3) is 0.208. The van der Waals surface area contributed by atoms with Gasteiger partial charge in [0.2, 0.25) is 0 Å². The van der Waals surface area contributed by atoms with E-state index in [0.29, 0.717) is 11.5 Å².